The van der Waals surface area contributed by atoms with E-state index in [9.17, 15) is 4.79 Å². The first-order valence-corrected chi connectivity index (χ1v) is 10.5. The summed E-state index contributed by atoms with van der Waals surface area (Å²) in [6, 6.07) is 0. The Labute approximate surface area is 131 Å². The van der Waals surface area contributed by atoms with Crippen LogP contribution in [0.25, 0.3) is 0 Å². The Hall–Kier alpha value is 0.157. The topological polar surface area (TPSA) is 35.5 Å². The molecule has 0 bridgehead atoms. The van der Waals surface area contributed by atoms with Crippen molar-refractivity contribution in [3.8, 4) is 0 Å². The molecule has 0 spiro atoms. The maximum Gasteiger partial charge on any atom is 0.323 e. The lowest BCUT2D eigenvalue weighted by Crippen LogP contribution is -2.24. The number of carbonyl (C=O) groups is 1. The lowest BCUT2D eigenvalue weighted by molar-refractivity contribution is -0.111. The highest BCUT2D eigenvalue weighted by molar-refractivity contribution is 8.13. The highest BCUT2D eigenvalue weighted by Crippen LogP contribution is 2.20. The summed E-state index contributed by atoms with van der Waals surface area (Å²) in [5.41, 5.74) is 0.509. The number of thioether (sulfide) groups is 1. The molecule has 20 heavy (non-hydrogen) atoms. The second kappa shape index (κ2) is 14.1. The third-order valence-corrected chi connectivity index (χ3v) is 6.69. The predicted molar refractivity (Wildman–Crippen MR) is 90.7 cm³/mol. The molecule has 3 nitrogen and oxygen atoms in total. The van der Waals surface area contributed by atoms with Crippen LogP contribution < -0.4 is 0 Å². The van der Waals surface area contributed by atoms with Crippen molar-refractivity contribution in [3.05, 3.63) is 0 Å². The van der Waals surface area contributed by atoms with Crippen LogP contribution in [0.1, 0.15) is 65.2 Å². The zero-order valence-electron chi connectivity index (χ0n) is 13.7. The van der Waals surface area contributed by atoms with Crippen molar-refractivity contribution in [2.24, 2.45) is 0 Å². The molecule has 0 saturated heterocycles. The van der Waals surface area contributed by atoms with E-state index >= 15 is 0 Å². The summed E-state index contributed by atoms with van der Waals surface area (Å²) in [7, 11) is 1.98. The summed E-state index contributed by atoms with van der Waals surface area (Å²) >= 11 is 1.50. The molecule has 0 aromatic carbocycles. The van der Waals surface area contributed by atoms with Crippen LogP contribution in [-0.4, -0.2) is 34.4 Å². The third-order valence-electron chi connectivity index (χ3n) is 3.48. The van der Waals surface area contributed by atoms with E-state index in [1.54, 1.807) is 14.2 Å². The van der Waals surface area contributed by atoms with Crippen molar-refractivity contribution < 1.29 is 13.6 Å². The normalized spacial score (nSPS) is 12.8. The molecule has 5 heteroatoms. The zero-order chi connectivity index (χ0) is 15.2. The molecule has 0 heterocycles. The van der Waals surface area contributed by atoms with Crippen molar-refractivity contribution in [3.63, 3.8) is 0 Å². The summed E-state index contributed by atoms with van der Waals surface area (Å²) < 4.78 is 10.7. The molecule has 0 aliphatic heterocycles. The van der Waals surface area contributed by atoms with Gasteiger partial charge in [-0.1, -0.05) is 51.3 Å². The summed E-state index contributed by atoms with van der Waals surface area (Å²) in [5.74, 6) is 0.937. The Morgan fingerprint density at radius 2 is 1.75 bits per heavy atom. The van der Waals surface area contributed by atoms with Gasteiger partial charge in [-0.05, 0) is 24.8 Å². The largest absolute Gasteiger partial charge is 0.400 e. The van der Waals surface area contributed by atoms with Crippen LogP contribution in [0.15, 0.2) is 0 Å². The van der Waals surface area contributed by atoms with E-state index in [4.69, 9.17) is 8.85 Å². The van der Waals surface area contributed by atoms with Crippen LogP contribution in [0.3, 0.4) is 0 Å². The van der Waals surface area contributed by atoms with E-state index in [-0.39, 0.29) is 0 Å². The van der Waals surface area contributed by atoms with Crippen LogP contribution in [0.2, 0.25) is 5.54 Å². The van der Waals surface area contributed by atoms with Crippen LogP contribution in [-0.2, 0) is 13.6 Å². The van der Waals surface area contributed by atoms with E-state index in [0.717, 1.165) is 31.4 Å². The lowest BCUT2D eigenvalue weighted by Gasteiger charge is -2.18. The van der Waals surface area contributed by atoms with Crippen molar-refractivity contribution in [2.75, 3.05) is 20.0 Å². The summed E-state index contributed by atoms with van der Waals surface area (Å²) in [6.07, 6.45) is 9.00. The quantitative estimate of drug-likeness (QED) is 0.374. The van der Waals surface area contributed by atoms with Gasteiger partial charge in [-0.25, -0.2) is 0 Å². The molecule has 1 atom stereocenters. The molecule has 0 N–H and O–H groups in total. The van der Waals surface area contributed by atoms with Crippen molar-refractivity contribution in [2.45, 2.75) is 70.8 Å². The fourth-order valence-corrected chi connectivity index (χ4v) is 4.69. The van der Waals surface area contributed by atoms with Crippen molar-refractivity contribution in [1.82, 2.24) is 0 Å². The van der Waals surface area contributed by atoms with Gasteiger partial charge in [-0.15, -0.1) is 0 Å². The molecular formula is C15H32O3SSi. The van der Waals surface area contributed by atoms with Gasteiger partial charge in [-0.2, -0.15) is 0 Å². The molecule has 0 saturated carbocycles. The first-order valence-electron chi connectivity index (χ1n) is 7.86. The van der Waals surface area contributed by atoms with E-state index in [0.29, 0.717) is 10.7 Å². The molecule has 0 aliphatic rings. The third kappa shape index (κ3) is 10.9. The second-order valence-corrected chi connectivity index (χ2v) is 9.31. The monoisotopic (exact) mass is 320 g/mol. The number of hydrogen-bond donors (Lipinski definition) is 0. The number of hydrogen-bond acceptors (Lipinski definition) is 4. The van der Waals surface area contributed by atoms with Crippen molar-refractivity contribution in [1.29, 1.82) is 0 Å². The first kappa shape index (κ1) is 20.2. The second-order valence-electron chi connectivity index (χ2n) is 5.34. The van der Waals surface area contributed by atoms with Gasteiger partial charge in [-0.3, -0.25) is 4.79 Å². The van der Waals surface area contributed by atoms with Crippen LogP contribution >= 0.6 is 11.8 Å². The molecular weight excluding hydrogens is 288 g/mol. The zero-order valence-corrected chi connectivity index (χ0v) is 15.6. The lowest BCUT2D eigenvalue weighted by atomic mass is 10.1. The Bertz CT molecular complexity index is 235. The Balaban J connectivity index is 3.47. The van der Waals surface area contributed by atoms with Crippen LogP contribution in [0, 0.1) is 0 Å². The first-order chi connectivity index (χ1) is 9.65. The Morgan fingerprint density at radius 3 is 2.35 bits per heavy atom. The summed E-state index contributed by atoms with van der Waals surface area (Å²) in [6.45, 7) is 4.40. The van der Waals surface area contributed by atoms with Crippen LogP contribution in [0.5, 0.6) is 0 Å². The minimum absolute atomic E-state index is 0.362. The van der Waals surface area contributed by atoms with Gasteiger partial charge in [0.25, 0.3) is 0 Å². The fourth-order valence-electron chi connectivity index (χ4n) is 2.23. The molecule has 0 amide bonds. The number of carbonyl (C=O) groups excluding carboxylic acids is 1. The van der Waals surface area contributed by atoms with Gasteiger partial charge < -0.3 is 8.85 Å². The average molecular weight is 321 g/mol. The van der Waals surface area contributed by atoms with Gasteiger partial charge >= 0.3 is 9.28 Å². The van der Waals surface area contributed by atoms with Gasteiger partial charge in [0.05, 0.1) is 0 Å². The van der Waals surface area contributed by atoms with E-state index in [1.807, 2.05) is 0 Å². The van der Waals surface area contributed by atoms with Crippen molar-refractivity contribution >= 4 is 26.2 Å². The highest BCUT2D eigenvalue weighted by Gasteiger charge is 2.19. The molecule has 1 unspecified atom stereocenters. The fraction of sp³-hybridized carbons (Fsp3) is 0.933. The molecule has 0 rings (SSSR count). The van der Waals surface area contributed by atoms with Gasteiger partial charge in [0.15, 0.2) is 5.12 Å². The minimum atomic E-state index is -1.48. The van der Waals surface area contributed by atoms with Gasteiger partial charge in [0.1, 0.15) is 0 Å². The number of rotatable bonds is 13. The SMILES string of the molecule is CCCCCCCC(=O)SCCCC(C)[SiH](OC)OC. The molecule has 0 aliphatic carbocycles. The summed E-state index contributed by atoms with van der Waals surface area (Å²) in [4.78, 5) is 11.7. The number of unbranched alkanes of at least 4 members (excludes halogenated alkanes) is 4. The standard InChI is InChI=1S/C15H32O3SSi/c1-5-6-7-8-9-12-15(16)19-13-10-11-14(2)20(17-3)18-4/h14,20H,5-13H2,1-4H3. The Kier molecular flexibility index (Phi) is 14.2. The maximum atomic E-state index is 11.7. The molecule has 0 aromatic heterocycles. The minimum Gasteiger partial charge on any atom is -0.400 e. The van der Waals surface area contributed by atoms with E-state index in [2.05, 4.69) is 13.8 Å². The summed E-state index contributed by atoms with van der Waals surface area (Å²) in [5, 5.41) is 0.362. The van der Waals surface area contributed by atoms with E-state index in [1.165, 1.54) is 37.4 Å². The molecule has 0 fully saturated rings. The predicted octanol–water partition coefficient (Wildman–Crippen LogP) is 4.29. The Morgan fingerprint density at radius 1 is 1.10 bits per heavy atom. The van der Waals surface area contributed by atoms with E-state index < -0.39 is 9.28 Å². The maximum absolute atomic E-state index is 11.7. The van der Waals surface area contributed by atoms with Gasteiger partial charge in [0, 0.05) is 26.4 Å². The highest BCUT2D eigenvalue weighted by atomic mass is 32.2. The van der Waals surface area contributed by atoms with Gasteiger partial charge in [0.2, 0.25) is 0 Å². The molecule has 120 valence electrons. The molecule has 0 aromatic rings. The molecule has 0 radical (unpaired) electrons. The van der Waals surface area contributed by atoms with Crippen LogP contribution in [0.4, 0.5) is 0 Å². The smallest absolute Gasteiger partial charge is 0.323 e. The average Bonchev–Trinajstić information content (AvgIpc) is 2.44.